The summed E-state index contributed by atoms with van der Waals surface area (Å²) >= 11 is 2.33. The van der Waals surface area contributed by atoms with Crippen LogP contribution in [0.5, 0.6) is 0 Å². The maximum atomic E-state index is 5.68. The molecule has 1 saturated carbocycles. The highest BCUT2D eigenvalue weighted by Crippen LogP contribution is 2.53. The summed E-state index contributed by atoms with van der Waals surface area (Å²) in [4.78, 5) is 0. The quantitative estimate of drug-likeness (QED) is 0.831. The normalized spacial score (nSPS) is 31.8. The van der Waals surface area contributed by atoms with Gasteiger partial charge < -0.3 is 5.73 Å². The van der Waals surface area contributed by atoms with Crippen molar-refractivity contribution in [1.82, 2.24) is 0 Å². The average Bonchev–Trinajstić information content (AvgIpc) is 2.80. The fourth-order valence-corrected chi connectivity index (χ4v) is 2.34. The zero-order chi connectivity index (χ0) is 9.47. The Morgan fingerprint density at radius 2 is 2.08 bits per heavy atom. The van der Waals surface area contributed by atoms with Gasteiger partial charge in [-0.3, -0.25) is 0 Å². The van der Waals surface area contributed by atoms with Crippen molar-refractivity contribution in [3.05, 3.63) is 33.4 Å². The van der Waals surface area contributed by atoms with Crippen LogP contribution < -0.4 is 5.73 Å². The highest BCUT2D eigenvalue weighted by molar-refractivity contribution is 14.1. The number of halogens is 1. The molecule has 70 valence electrons. The van der Waals surface area contributed by atoms with E-state index < -0.39 is 0 Å². The maximum Gasteiger partial charge on any atom is 0.0130 e. The van der Waals surface area contributed by atoms with Crippen LogP contribution >= 0.6 is 22.6 Å². The molecule has 2 N–H and O–H groups in total. The van der Waals surface area contributed by atoms with Crippen LogP contribution in [0, 0.1) is 9.49 Å². The van der Waals surface area contributed by atoms with Crippen molar-refractivity contribution in [3.63, 3.8) is 0 Å². The number of hydrogen-bond acceptors (Lipinski definition) is 1. The topological polar surface area (TPSA) is 26.0 Å². The second kappa shape index (κ2) is 3.24. The van der Waals surface area contributed by atoms with Crippen molar-refractivity contribution in [2.75, 3.05) is 6.54 Å². The van der Waals surface area contributed by atoms with Crippen LogP contribution in [0.4, 0.5) is 0 Å². The van der Waals surface area contributed by atoms with Crippen LogP contribution in [0.2, 0.25) is 0 Å². The minimum absolute atomic E-state index is 0.374. The summed E-state index contributed by atoms with van der Waals surface area (Å²) in [6.07, 6.45) is 1.25. The van der Waals surface area contributed by atoms with Gasteiger partial charge in [0.2, 0.25) is 0 Å². The molecule has 13 heavy (non-hydrogen) atoms. The van der Waals surface area contributed by atoms with Crippen LogP contribution in [-0.4, -0.2) is 6.54 Å². The predicted octanol–water partition coefficient (Wildman–Crippen LogP) is 2.53. The lowest BCUT2D eigenvalue weighted by Crippen LogP contribution is -2.11. The summed E-state index contributed by atoms with van der Waals surface area (Å²) in [7, 11) is 0. The van der Waals surface area contributed by atoms with Gasteiger partial charge in [-0.25, -0.2) is 0 Å². The molecule has 0 aromatic heterocycles. The Hall–Kier alpha value is -0.0900. The molecule has 2 unspecified atom stereocenters. The Kier molecular flexibility index (Phi) is 2.36. The first-order chi connectivity index (χ1) is 6.16. The number of rotatable bonds is 2. The summed E-state index contributed by atoms with van der Waals surface area (Å²) < 4.78 is 1.30. The first kappa shape index (κ1) is 9.46. The van der Waals surface area contributed by atoms with Gasteiger partial charge in [0, 0.05) is 3.57 Å². The Balaban J connectivity index is 2.23. The Morgan fingerprint density at radius 1 is 1.46 bits per heavy atom. The minimum atomic E-state index is 0.374. The summed E-state index contributed by atoms with van der Waals surface area (Å²) in [6.45, 7) is 3.13. The van der Waals surface area contributed by atoms with Crippen LogP contribution in [-0.2, 0) is 5.41 Å². The highest BCUT2D eigenvalue weighted by atomic mass is 127. The molecule has 0 radical (unpaired) electrons. The molecule has 0 saturated heterocycles. The van der Waals surface area contributed by atoms with Crippen LogP contribution in [0.1, 0.15) is 18.9 Å². The monoisotopic (exact) mass is 287 g/mol. The van der Waals surface area contributed by atoms with E-state index in [1.165, 1.54) is 15.6 Å². The van der Waals surface area contributed by atoms with Crippen LogP contribution in [0.3, 0.4) is 0 Å². The lowest BCUT2D eigenvalue weighted by atomic mass is 9.96. The molecule has 1 aliphatic rings. The van der Waals surface area contributed by atoms with Crippen molar-refractivity contribution < 1.29 is 0 Å². The van der Waals surface area contributed by atoms with E-state index in [4.69, 9.17) is 5.73 Å². The van der Waals surface area contributed by atoms with Crippen molar-refractivity contribution in [2.24, 2.45) is 11.7 Å². The van der Waals surface area contributed by atoms with E-state index in [1.807, 2.05) is 0 Å². The zero-order valence-electron chi connectivity index (χ0n) is 7.76. The third-order valence-corrected chi connectivity index (χ3v) is 3.92. The fraction of sp³-hybridized carbons (Fsp3) is 0.455. The third-order valence-electron chi connectivity index (χ3n) is 3.20. The molecule has 2 heteroatoms. The first-order valence-corrected chi connectivity index (χ1v) is 5.71. The molecule has 1 aromatic carbocycles. The molecule has 1 fully saturated rings. The van der Waals surface area contributed by atoms with Crippen LogP contribution in [0.25, 0.3) is 0 Å². The largest absolute Gasteiger partial charge is 0.330 e. The highest BCUT2D eigenvalue weighted by Gasteiger charge is 2.49. The van der Waals surface area contributed by atoms with Crippen molar-refractivity contribution in [1.29, 1.82) is 0 Å². The van der Waals surface area contributed by atoms with Gasteiger partial charge in [0.05, 0.1) is 0 Å². The fourth-order valence-electron chi connectivity index (χ4n) is 1.98. The lowest BCUT2D eigenvalue weighted by Gasteiger charge is -2.10. The molecule has 1 aromatic rings. The van der Waals surface area contributed by atoms with Gasteiger partial charge in [0.15, 0.2) is 0 Å². The SMILES string of the molecule is CC1(c2ccc(I)cc2)CC1CN. The van der Waals surface area contributed by atoms with Crippen molar-refractivity contribution >= 4 is 22.6 Å². The molecule has 0 aliphatic heterocycles. The third kappa shape index (κ3) is 1.62. The summed E-state index contributed by atoms with van der Waals surface area (Å²) in [5, 5.41) is 0. The van der Waals surface area contributed by atoms with E-state index in [1.54, 1.807) is 0 Å². The summed E-state index contributed by atoms with van der Waals surface area (Å²) in [6, 6.07) is 8.81. The van der Waals surface area contributed by atoms with Gasteiger partial charge in [0.25, 0.3) is 0 Å². The average molecular weight is 287 g/mol. The van der Waals surface area contributed by atoms with Gasteiger partial charge in [0.1, 0.15) is 0 Å². The predicted molar refractivity (Wildman–Crippen MR) is 63.7 cm³/mol. The van der Waals surface area contributed by atoms with E-state index in [9.17, 15) is 0 Å². The minimum Gasteiger partial charge on any atom is -0.330 e. The molecular formula is C11H14IN. The van der Waals surface area contributed by atoms with E-state index in [-0.39, 0.29) is 0 Å². The lowest BCUT2D eigenvalue weighted by molar-refractivity contribution is 0.666. The van der Waals surface area contributed by atoms with E-state index in [2.05, 4.69) is 53.8 Å². The van der Waals surface area contributed by atoms with Gasteiger partial charge >= 0.3 is 0 Å². The summed E-state index contributed by atoms with van der Waals surface area (Å²) in [5.41, 5.74) is 7.50. The molecule has 1 nitrogen and oxygen atoms in total. The summed E-state index contributed by atoms with van der Waals surface area (Å²) in [5.74, 6) is 0.701. The van der Waals surface area contributed by atoms with Crippen molar-refractivity contribution in [2.45, 2.75) is 18.8 Å². The van der Waals surface area contributed by atoms with E-state index in [0.29, 0.717) is 11.3 Å². The van der Waals surface area contributed by atoms with E-state index in [0.717, 1.165) is 6.54 Å². The first-order valence-electron chi connectivity index (χ1n) is 4.63. The van der Waals surface area contributed by atoms with Gasteiger partial charge in [-0.15, -0.1) is 0 Å². The number of benzene rings is 1. The standard InChI is InChI=1S/C11H14IN/c1-11(6-9(11)7-13)8-2-4-10(12)5-3-8/h2-5,9H,6-7,13H2,1H3. The second-order valence-corrected chi connectivity index (χ2v) is 5.31. The molecule has 2 atom stereocenters. The van der Waals surface area contributed by atoms with Gasteiger partial charge in [-0.05, 0) is 64.6 Å². The van der Waals surface area contributed by atoms with Crippen LogP contribution in [0.15, 0.2) is 24.3 Å². The molecule has 2 rings (SSSR count). The Morgan fingerprint density at radius 3 is 2.54 bits per heavy atom. The molecule has 1 aliphatic carbocycles. The van der Waals surface area contributed by atoms with Gasteiger partial charge in [-0.1, -0.05) is 19.1 Å². The molecular weight excluding hydrogens is 273 g/mol. The van der Waals surface area contributed by atoms with E-state index >= 15 is 0 Å². The maximum absolute atomic E-state index is 5.68. The zero-order valence-corrected chi connectivity index (χ0v) is 9.91. The van der Waals surface area contributed by atoms with Gasteiger partial charge in [-0.2, -0.15) is 0 Å². The molecule has 0 spiro atoms. The Bertz CT molecular complexity index is 306. The molecule has 0 amide bonds. The molecule has 0 heterocycles. The number of hydrogen-bond donors (Lipinski definition) is 1. The number of nitrogens with two attached hydrogens (primary N) is 1. The smallest absolute Gasteiger partial charge is 0.0130 e. The van der Waals surface area contributed by atoms with Crippen molar-refractivity contribution in [3.8, 4) is 0 Å². The second-order valence-electron chi connectivity index (χ2n) is 4.06. The Labute approximate surface area is 92.9 Å². The molecule has 0 bridgehead atoms.